The highest BCUT2D eigenvalue weighted by Crippen LogP contribution is 2.28. The van der Waals surface area contributed by atoms with E-state index >= 15 is 0 Å². The predicted octanol–water partition coefficient (Wildman–Crippen LogP) is 6.38. The Morgan fingerprint density at radius 2 is 1.52 bits per heavy atom. The van der Waals surface area contributed by atoms with Crippen molar-refractivity contribution in [3.05, 3.63) is 82.4 Å². The molecule has 3 aromatic carbocycles. The molecule has 0 aliphatic rings. The molecule has 1 unspecified atom stereocenters. The Morgan fingerprint density at radius 3 is 2.20 bits per heavy atom. The van der Waals surface area contributed by atoms with E-state index in [0.717, 1.165) is 6.42 Å². The van der Waals surface area contributed by atoms with Crippen LogP contribution < -0.4 is 0 Å². The van der Waals surface area contributed by atoms with Crippen LogP contribution in [-0.4, -0.2) is 12.8 Å². The van der Waals surface area contributed by atoms with Crippen molar-refractivity contribution in [2.75, 3.05) is 7.05 Å². The number of benzene rings is 3. The summed E-state index contributed by atoms with van der Waals surface area (Å²) in [6, 6.07) is 19.9. The lowest BCUT2D eigenvalue weighted by Crippen LogP contribution is -2.08. The average molecular weight is 329 g/mol. The summed E-state index contributed by atoms with van der Waals surface area (Å²) in [5, 5.41) is 2.62. The van der Waals surface area contributed by atoms with E-state index in [1.54, 1.807) is 0 Å². The summed E-state index contributed by atoms with van der Waals surface area (Å²) in [6.07, 6.45) is 0.950. The van der Waals surface area contributed by atoms with E-state index in [-0.39, 0.29) is 0 Å². The minimum atomic E-state index is 0.443. The van der Waals surface area contributed by atoms with Crippen LogP contribution in [0.15, 0.2) is 59.6 Å². The lowest BCUT2D eigenvalue weighted by molar-refractivity contribution is 0.802. The highest BCUT2D eigenvalue weighted by atomic mass is 14.7. The van der Waals surface area contributed by atoms with Crippen molar-refractivity contribution in [1.82, 2.24) is 0 Å². The summed E-state index contributed by atoms with van der Waals surface area (Å²) in [6.45, 7) is 8.83. The van der Waals surface area contributed by atoms with Gasteiger partial charge in [-0.05, 0) is 66.1 Å². The van der Waals surface area contributed by atoms with Crippen molar-refractivity contribution in [2.24, 2.45) is 4.99 Å². The molecular formula is C24H27N. The first-order valence-electron chi connectivity index (χ1n) is 9.02. The smallest absolute Gasteiger partial charge is 0.0429 e. The summed E-state index contributed by atoms with van der Waals surface area (Å²) in [5.74, 6) is 0.443. The monoisotopic (exact) mass is 329 g/mol. The Balaban J connectivity index is 1.96. The first-order chi connectivity index (χ1) is 12.0. The largest absolute Gasteiger partial charge is 0.292 e. The van der Waals surface area contributed by atoms with Gasteiger partial charge in [0.05, 0.1) is 0 Å². The fourth-order valence-electron chi connectivity index (χ4n) is 3.50. The Morgan fingerprint density at radius 1 is 0.840 bits per heavy atom. The Hall–Kier alpha value is -2.41. The molecule has 0 heterocycles. The summed E-state index contributed by atoms with van der Waals surface area (Å²) < 4.78 is 0. The molecule has 3 aromatic rings. The maximum atomic E-state index is 4.66. The van der Waals surface area contributed by atoms with Crippen molar-refractivity contribution >= 4 is 16.5 Å². The minimum absolute atomic E-state index is 0.443. The number of hydrogen-bond acceptors (Lipinski definition) is 1. The quantitative estimate of drug-likeness (QED) is 0.493. The first-order valence-corrected chi connectivity index (χ1v) is 9.02. The van der Waals surface area contributed by atoms with E-state index in [0.29, 0.717) is 5.92 Å². The second kappa shape index (κ2) is 7.23. The van der Waals surface area contributed by atoms with Crippen LogP contribution in [0.2, 0.25) is 0 Å². The summed E-state index contributed by atoms with van der Waals surface area (Å²) >= 11 is 0. The maximum Gasteiger partial charge on any atom is 0.0429 e. The van der Waals surface area contributed by atoms with E-state index in [4.69, 9.17) is 0 Å². The van der Waals surface area contributed by atoms with Crippen LogP contribution in [-0.2, 0) is 0 Å². The van der Waals surface area contributed by atoms with Gasteiger partial charge in [-0.25, -0.2) is 0 Å². The maximum absolute atomic E-state index is 4.66. The fraction of sp³-hybridized carbons (Fsp3) is 0.292. The molecule has 0 N–H and O–H groups in total. The molecule has 0 radical (unpaired) electrons. The number of aliphatic imine (C=N–C) groups is 1. The molecule has 3 rings (SSSR count). The molecule has 0 amide bonds. The van der Waals surface area contributed by atoms with Gasteiger partial charge < -0.3 is 0 Å². The second-order valence-corrected chi connectivity index (χ2v) is 7.09. The lowest BCUT2D eigenvalue weighted by Gasteiger charge is -2.17. The van der Waals surface area contributed by atoms with Gasteiger partial charge in [-0.2, -0.15) is 0 Å². The standard InChI is InChI=1S/C24H27N/c1-16-10-12-20(14-18(16)3)19(4)15-24(25-5)23-13-11-17(2)21-8-6-7-9-22(21)23/h6-14,19H,15H2,1-5H3. The van der Waals surface area contributed by atoms with E-state index in [1.807, 2.05) is 7.05 Å². The van der Waals surface area contributed by atoms with Gasteiger partial charge in [0.25, 0.3) is 0 Å². The average Bonchev–Trinajstić information content (AvgIpc) is 2.63. The van der Waals surface area contributed by atoms with Gasteiger partial charge in [0.1, 0.15) is 0 Å². The van der Waals surface area contributed by atoms with Gasteiger partial charge in [0.15, 0.2) is 0 Å². The summed E-state index contributed by atoms with van der Waals surface area (Å²) in [7, 11) is 1.91. The third-order valence-corrected chi connectivity index (χ3v) is 5.32. The zero-order valence-electron chi connectivity index (χ0n) is 15.9. The van der Waals surface area contributed by atoms with Crippen molar-refractivity contribution in [2.45, 2.75) is 40.0 Å². The van der Waals surface area contributed by atoms with Crippen LogP contribution in [0.5, 0.6) is 0 Å². The highest BCUT2D eigenvalue weighted by molar-refractivity contribution is 6.11. The van der Waals surface area contributed by atoms with Gasteiger partial charge >= 0.3 is 0 Å². The van der Waals surface area contributed by atoms with Gasteiger partial charge in [-0.3, -0.25) is 4.99 Å². The molecular weight excluding hydrogens is 302 g/mol. The molecule has 1 heteroatoms. The van der Waals surface area contributed by atoms with Crippen LogP contribution in [0.3, 0.4) is 0 Å². The molecule has 1 nitrogen and oxygen atoms in total. The fourth-order valence-corrected chi connectivity index (χ4v) is 3.50. The van der Waals surface area contributed by atoms with Crippen LogP contribution in [0.1, 0.15) is 47.1 Å². The Labute approximate surface area is 151 Å². The van der Waals surface area contributed by atoms with Gasteiger partial charge in [0, 0.05) is 18.3 Å². The van der Waals surface area contributed by atoms with E-state index in [2.05, 4.69) is 87.3 Å². The number of rotatable bonds is 4. The van der Waals surface area contributed by atoms with E-state index in [9.17, 15) is 0 Å². The molecule has 0 fully saturated rings. The van der Waals surface area contributed by atoms with E-state index < -0.39 is 0 Å². The number of nitrogens with zero attached hydrogens (tertiary/aromatic N) is 1. The van der Waals surface area contributed by atoms with Gasteiger partial charge in [-0.15, -0.1) is 0 Å². The van der Waals surface area contributed by atoms with Crippen molar-refractivity contribution in [3.63, 3.8) is 0 Å². The van der Waals surface area contributed by atoms with Crippen molar-refractivity contribution in [3.8, 4) is 0 Å². The number of aryl methyl sites for hydroxylation is 3. The zero-order valence-corrected chi connectivity index (χ0v) is 15.9. The van der Waals surface area contributed by atoms with Crippen LogP contribution >= 0.6 is 0 Å². The first kappa shape index (κ1) is 17.4. The summed E-state index contributed by atoms with van der Waals surface area (Å²) in [5.41, 5.74) is 7.86. The molecule has 0 bridgehead atoms. The molecule has 0 spiro atoms. The lowest BCUT2D eigenvalue weighted by atomic mass is 9.89. The van der Waals surface area contributed by atoms with Gasteiger partial charge in [0.2, 0.25) is 0 Å². The minimum Gasteiger partial charge on any atom is -0.292 e. The highest BCUT2D eigenvalue weighted by Gasteiger charge is 2.14. The third kappa shape index (κ3) is 3.51. The van der Waals surface area contributed by atoms with Crippen LogP contribution in [0.25, 0.3) is 10.8 Å². The molecule has 0 aromatic heterocycles. The van der Waals surface area contributed by atoms with Crippen LogP contribution in [0.4, 0.5) is 0 Å². The molecule has 25 heavy (non-hydrogen) atoms. The molecule has 0 aliphatic heterocycles. The summed E-state index contributed by atoms with van der Waals surface area (Å²) in [4.78, 5) is 4.66. The number of hydrogen-bond donors (Lipinski definition) is 0. The Bertz CT molecular complexity index is 934. The van der Waals surface area contributed by atoms with E-state index in [1.165, 1.54) is 44.3 Å². The van der Waals surface area contributed by atoms with Crippen molar-refractivity contribution in [1.29, 1.82) is 0 Å². The normalized spacial score (nSPS) is 13.2. The van der Waals surface area contributed by atoms with Crippen LogP contribution in [0, 0.1) is 20.8 Å². The molecule has 1 atom stereocenters. The Kier molecular flexibility index (Phi) is 5.03. The number of fused-ring (bicyclic) bond motifs is 1. The zero-order chi connectivity index (χ0) is 18.0. The molecule has 0 aliphatic carbocycles. The SMILES string of the molecule is CN=C(CC(C)c1ccc(C)c(C)c1)c1ccc(C)c2ccccc12. The predicted molar refractivity (Wildman–Crippen MR) is 110 cm³/mol. The second-order valence-electron chi connectivity index (χ2n) is 7.09. The molecule has 128 valence electrons. The van der Waals surface area contributed by atoms with Gasteiger partial charge in [-0.1, -0.05) is 61.5 Å². The topological polar surface area (TPSA) is 12.4 Å². The molecule has 0 saturated heterocycles. The van der Waals surface area contributed by atoms with Crippen molar-refractivity contribution < 1.29 is 0 Å². The third-order valence-electron chi connectivity index (χ3n) is 5.32. The molecule has 0 saturated carbocycles.